The van der Waals surface area contributed by atoms with E-state index in [-0.39, 0.29) is 23.3 Å². The van der Waals surface area contributed by atoms with Crippen LogP contribution in [0.2, 0.25) is 0 Å². The van der Waals surface area contributed by atoms with Crippen LogP contribution in [0.5, 0.6) is 5.75 Å². The van der Waals surface area contributed by atoms with Gasteiger partial charge in [-0.15, -0.1) is 13.2 Å². The molecule has 1 aromatic rings. The second-order valence-corrected chi connectivity index (χ2v) is 4.06. The van der Waals surface area contributed by atoms with Gasteiger partial charge in [-0.05, 0) is 24.1 Å². The largest absolute Gasteiger partial charge is 0.573 e. The Labute approximate surface area is 105 Å². The highest BCUT2D eigenvalue weighted by Crippen LogP contribution is 2.27. The summed E-state index contributed by atoms with van der Waals surface area (Å²) in [7, 11) is 0. The number of carbonyl (C=O) groups is 1. The number of carbonyl (C=O) groups excluding carboxylic acids is 1. The third-order valence-corrected chi connectivity index (χ3v) is 2.65. The van der Waals surface area contributed by atoms with Crippen LogP contribution in [0.1, 0.15) is 11.1 Å². The Morgan fingerprint density at radius 3 is 2.59 bits per heavy atom. The Morgan fingerprint density at radius 1 is 1.41 bits per heavy atom. The molecule has 0 amide bonds. The first-order valence-corrected chi connectivity index (χ1v) is 5.87. The van der Waals surface area contributed by atoms with Crippen molar-refractivity contribution in [2.45, 2.75) is 19.7 Å². The molecular formula is C11H10BrF3O2. The van der Waals surface area contributed by atoms with Crippen molar-refractivity contribution in [2.75, 3.05) is 5.33 Å². The van der Waals surface area contributed by atoms with Crippen molar-refractivity contribution in [2.24, 2.45) is 0 Å². The molecule has 0 N–H and O–H groups in total. The predicted octanol–water partition coefficient (Wildman–Crippen LogP) is 3.40. The lowest BCUT2D eigenvalue weighted by Gasteiger charge is -2.12. The number of rotatable bonds is 4. The summed E-state index contributed by atoms with van der Waals surface area (Å²) in [4.78, 5) is 11.2. The molecule has 0 saturated heterocycles. The number of benzene rings is 1. The summed E-state index contributed by atoms with van der Waals surface area (Å²) < 4.78 is 40.1. The van der Waals surface area contributed by atoms with E-state index in [4.69, 9.17) is 0 Å². The molecule has 6 heteroatoms. The van der Waals surface area contributed by atoms with Crippen LogP contribution < -0.4 is 4.74 Å². The van der Waals surface area contributed by atoms with E-state index in [9.17, 15) is 18.0 Å². The second-order valence-electron chi connectivity index (χ2n) is 3.50. The Hall–Kier alpha value is -1.04. The first-order valence-electron chi connectivity index (χ1n) is 4.75. The van der Waals surface area contributed by atoms with Gasteiger partial charge in [-0.25, -0.2) is 0 Å². The lowest BCUT2D eigenvalue weighted by molar-refractivity contribution is -0.274. The number of ether oxygens (including phenoxy) is 1. The molecule has 0 heterocycles. The van der Waals surface area contributed by atoms with Crippen molar-refractivity contribution in [1.82, 2.24) is 0 Å². The molecule has 0 atom stereocenters. The summed E-state index contributed by atoms with van der Waals surface area (Å²) in [5.41, 5.74) is 0.872. The average molecular weight is 311 g/mol. The van der Waals surface area contributed by atoms with Gasteiger partial charge in [0.2, 0.25) is 0 Å². The van der Waals surface area contributed by atoms with Crippen LogP contribution in [-0.4, -0.2) is 17.5 Å². The summed E-state index contributed by atoms with van der Waals surface area (Å²) in [6.45, 7) is 1.51. The van der Waals surface area contributed by atoms with Gasteiger partial charge < -0.3 is 4.74 Å². The summed E-state index contributed by atoms with van der Waals surface area (Å²) in [6, 6.07) is 4.35. The number of halogens is 4. The predicted molar refractivity (Wildman–Crippen MR) is 60.4 cm³/mol. The standard InChI is InChI=1S/C11H10BrF3O2/c1-7-2-3-8(4-9(16)6-12)5-10(7)17-11(13,14)15/h2-3,5H,4,6H2,1H3. The molecule has 0 bridgehead atoms. The van der Waals surface area contributed by atoms with E-state index in [0.717, 1.165) is 0 Å². The van der Waals surface area contributed by atoms with Crippen molar-refractivity contribution >= 4 is 21.7 Å². The first-order chi connectivity index (χ1) is 7.81. The highest BCUT2D eigenvalue weighted by atomic mass is 79.9. The molecule has 0 aromatic heterocycles. The molecule has 0 aliphatic rings. The van der Waals surface area contributed by atoms with E-state index in [2.05, 4.69) is 20.7 Å². The van der Waals surface area contributed by atoms with Gasteiger partial charge in [0, 0.05) is 6.42 Å². The number of hydrogen-bond donors (Lipinski definition) is 0. The molecule has 17 heavy (non-hydrogen) atoms. The third-order valence-electron chi connectivity index (χ3n) is 2.03. The fraction of sp³-hybridized carbons (Fsp3) is 0.364. The van der Waals surface area contributed by atoms with Gasteiger partial charge in [-0.2, -0.15) is 0 Å². The zero-order valence-corrected chi connectivity index (χ0v) is 10.6. The molecule has 1 aromatic carbocycles. The molecule has 94 valence electrons. The number of Topliss-reactive ketones (excluding diaryl/α,β-unsaturated/α-hetero) is 1. The van der Waals surface area contributed by atoms with E-state index in [1.54, 1.807) is 6.07 Å². The molecule has 0 saturated carbocycles. The molecule has 0 spiro atoms. The monoisotopic (exact) mass is 310 g/mol. The Balaban J connectivity index is 2.90. The van der Waals surface area contributed by atoms with Crippen molar-refractivity contribution < 1.29 is 22.7 Å². The van der Waals surface area contributed by atoms with Crippen LogP contribution in [0.3, 0.4) is 0 Å². The minimum Gasteiger partial charge on any atom is -0.406 e. The van der Waals surface area contributed by atoms with E-state index in [1.807, 2.05) is 0 Å². The minimum atomic E-state index is -4.72. The topological polar surface area (TPSA) is 26.3 Å². The quantitative estimate of drug-likeness (QED) is 0.797. The van der Waals surface area contributed by atoms with Crippen LogP contribution in [0, 0.1) is 6.92 Å². The summed E-state index contributed by atoms with van der Waals surface area (Å²) in [5, 5.41) is 0.177. The molecule has 0 aliphatic heterocycles. The van der Waals surface area contributed by atoms with Gasteiger partial charge in [0.05, 0.1) is 5.33 Å². The Morgan fingerprint density at radius 2 is 2.06 bits per heavy atom. The van der Waals surface area contributed by atoms with E-state index >= 15 is 0 Å². The van der Waals surface area contributed by atoms with Crippen molar-refractivity contribution in [1.29, 1.82) is 0 Å². The summed E-state index contributed by atoms with van der Waals surface area (Å²) >= 11 is 2.99. The smallest absolute Gasteiger partial charge is 0.406 e. The Bertz CT molecular complexity index is 416. The normalized spacial score (nSPS) is 11.4. The van der Waals surface area contributed by atoms with Crippen molar-refractivity contribution in [3.8, 4) is 5.75 Å². The zero-order valence-electron chi connectivity index (χ0n) is 8.97. The molecule has 0 aliphatic carbocycles. The lowest BCUT2D eigenvalue weighted by Crippen LogP contribution is -2.18. The maximum atomic E-state index is 12.1. The molecular weight excluding hydrogens is 301 g/mol. The number of alkyl halides is 4. The van der Waals surface area contributed by atoms with Gasteiger partial charge in [-0.3, -0.25) is 4.79 Å². The minimum absolute atomic E-state index is 0.0831. The van der Waals surface area contributed by atoms with Crippen LogP contribution in [0.25, 0.3) is 0 Å². The van der Waals surface area contributed by atoms with E-state index in [1.165, 1.54) is 19.1 Å². The van der Waals surface area contributed by atoms with E-state index in [0.29, 0.717) is 11.1 Å². The summed E-state index contributed by atoms with van der Waals surface area (Å²) in [6.07, 6.45) is -4.64. The number of ketones is 1. The first kappa shape index (κ1) is 14.0. The maximum Gasteiger partial charge on any atom is 0.573 e. The SMILES string of the molecule is Cc1ccc(CC(=O)CBr)cc1OC(F)(F)F. The van der Waals surface area contributed by atoms with Crippen LogP contribution in [-0.2, 0) is 11.2 Å². The molecule has 0 radical (unpaired) electrons. The van der Waals surface area contributed by atoms with E-state index < -0.39 is 6.36 Å². The molecule has 0 fully saturated rings. The molecule has 2 nitrogen and oxygen atoms in total. The molecule has 1 rings (SSSR count). The molecule has 0 unspecified atom stereocenters. The van der Waals surface area contributed by atoms with Gasteiger partial charge in [0.1, 0.15) is 11.5 Å². The number of hydrogen-bond acceptors (Lipinski definition) is 2. The van der Waals surface area contributed by atoms with Crippen molar-refractivity contribution in [3.63, 3.8) is 0 Å². The highest BCUT2D eigenvalue weighted by molar-refractivity contribution is 9.09. The Kier molecular flexibility index (Phi) is 4.56. The average Bonchev–Trinajstić information content (AvgIpc) is 2.21. The van der Waals surface area contributed by atoms with Gasteiger partial charge in [0.15, 0.2) is 0 Å². The zero-order chi connectivity index (χ0) is 13.1. The van der Waals surface area contributed by atoms with Gasteiger partial charge >= 0.3 is 6.36 Å². The fourth-order valence-electron chi connectivity index (χ4n) is 1.26. The van der Waals surface area contributed by atoms with Crippen molar-refractivity contribution in [3.05, 3.63) is 29.3 Å². The fourth-order valence-corrected chi connectivity index (χ4v) is 1.46. The number of aryl methyl sites for hydroxylation is 1. The van der Waals surface area contributed by atoms with Gasteiger partial charge in [-0.1, -0.05) is 28.1 Å². The highest BCUT2D eigenvalue weighted by Gasteiger charge is 2.31. The van der Waals surface area contributed by atoms with Gasteiger partial charge in [0.25, 0.3) is 0 Å². The lowest BCUT2D eigenvalue weighted by atomic mass is 10.1. The van der Waals surface area contributed by atoms with Crippen LogP contribution in [0.15, 0.2) is 18.2 Å². The maximum absolute atomic E-state index is 12.1. The van der Waals surface area contributed by atoms with Crippen LogP contribution in [0.4, 0.5) is 13.2 Å². The summed E-state index contributed by atoms with van der Waals surface area (Å²) in [5.74, 6) is -0.371. The second kappa shape index (κ2) is 5.53. The van der Waals surface area contributed by atoms with Crippen LogP contribution >= 0.6 is 15.9 Å². The third kappa shape index (κ3) is 4.77.